The number of hydrogen-bond donors (Lipinski definition) is 2. The standard InChI is InChI=1S/C15H20N2O2/c18-11-4-3-9-17(10-11)15(19)13-7-8-16-14-6-2-1-5-12(13)14/h1-2,5-6,11,13,16,18H,3-4,7-10H2/t11-,13?/m0/s1. The van der Waals surface area contributed by atoms with Gasteiger partial charge in [0, 0.05) is 25.3 Å². The molecule has 0 aliphatic carbocycles. The number of piperidine rings is 1. The lowest BCUT2D eigenvalue weighted by Crippen LogP contribution is -2.45. The first-order chi connectivity index (χ1) is 9.25. The largest absolute Gasteiger partial charge is 0.391 e. The maximum atomic E-state index is 12.6. The molecule has 1 unspecified atom stereocenters. The van der Waals surface area contributed by atoms with Gasteiger partial charge in [0.25, 0.3) is 0 Å². The molecule has 1 saturated heterocycles. The molecule has 4 heteroatoms. The molecule has 0 radical (unpaired) electrons. The quantitative estimate of drug-likeness (QED) is 0.806. The fourth-order valence-electron chi connectivity index (χ4n) is 3.10. The third-order valence-corrected chi connectivity index (χ3v) is 4.09. The molecule has 2 aliphatic heterocycles. The predicted molar refractivity (Wildman–Crippen MR) is 74.1 cm³/mol. The Balaban J connectivity index is 1.81. The van der Waals surface area contributed by atoms with E-state index in [4.69, 9.17) is 0 Å². The van der Waals surface area contributed by atoms with Crippen LogP contribution in [-0.2, 0) is 4.79 Å². The first kappa shape index (κ1) is 12.5. The van der Waals surface area contributed by atoms with Gasteiger partial charge in [-0.25, -0.2) is 0 Å². The first-order valence-electron chi connectivity index (χ1n) is 7.05. The zero-order valence-electron chi connectivity index (χ0n) is 11.0. The van der Waals surface area contributed by atoms with Gasteiger partial charge >= 0.3 is 0 Å². The van der Waals surface area contributed by atoms with E-state index in [2.05, 4.69) is 5.32 Å². The van der Waals surface area contributed by atoms with Crippen molar-refractivity contribution in [3.8, 4) is 0 Å². The van der Waals surface area contributed by atoms with Gasteiger partial charge in [-0.3, -0.25) is 4.79 Å². The van der Waals surface area contributed by atoms with E-state index >= 15 is 0 Å². The molecule has 1 aromatic carbocycles. The second kappa shape index (κ2) is 5.21. The van der Waals surface area contributed by atoms with Crippen LogP contribution in [0.1, 0.15) is 30.7 Å². The van der Waals surface area contributed by atoms with Crippen LogP contribution in [0, 0.1) is 0 Å². The molecule has 2 N–H and O–H groups in total. The van der Waals surface area contributed by atoms with Gasteiger partial charge in [-0.2, -0.15) is 0 Å². The van der Waals surface area contributed by atoms with Gasteiger partial charge in [0.15, 0.2) is 0 Å². The molecule has 1 fully saturated rings. The van der Waals surface area contributed by atoms with E-state index in [9.17, 15) is 9.90 Å². The number of aliphatic hydroxyl groups excluding tert-OH is 1. The van der Waals surface area contributed by atoms with Crippen LogP contribution in [0.2, 0.25) is 0 Å². The summed E-state index contributed by atoms with van der Waals surface area (Å²) in [5, 5.41) is 13.1. The zero-order valence-corrected chi connectivity index (χ0v) is 11.0. The molecule has 3 rings (SSSR count). The number of likely N-dealkylation sites (tertiary alicyclic amines) is 1. The lowest BCUT2D eigenvalue weighted by molar-refractivity contribution is -0.136. The van der Waals surface area contributed by atoms with Crippen molar-refractivity contribution in [2.24, 2.45) is 0 Å². The average Bonchev–Trinajstić information content (AvgIpc) is 2.46. The Labute approximate surface area is 113 Å². The molecule has 102 valence electrons. The van der Waals surface area contributed by atoms with Crippen LogP contribution in [0.3, 0.4) is 0 Å². The molecule has 0 bridgehead atoms. The average molecular weight is 260 g/mol. The van der Waals surface area contributed by atoms with Gasteiger partial charge in [0.2, 0.25) is 5.91 Å². The fourth-order valence-corrected chi connectivity index (χ4v) is 3.10. The van der Waals surface area contributed by atoms with Crippen LogP contribution in [0.25, 0.3) is 0 Å². The Morgan fingerprint density at radius 2 is 2.16 bits per heavy atom. The van der Waals surface area contributed by atoms with E-state index < -0.39 is 0 Å². The number of β-amino-alcohol motifs (C(OH)–C–C–N with tert-alkyl or cyclic N) is 1. The number of anilines is 1. The lowest BCUT2D eigenvalue weighted by atomic mass is 9.89. The second-order valence-corrected chi connectivity index (χ2v) is 5.44. The van der Waals surface area contributed by atoms with E-state index in [1.54, 1.807) is 0 Å². The number of nitrogens with one attached hydrogen (secondary N) is 1. The van der Waals surface area contributed by atoms with Gasteiger partial charge in [-0.1, -0.05) is 18.2 Å². The number of aliphatic hydroxyl groups is 1. The minimum atomic E-state index is -0.352. The van der Waals surface area contributed by atoms with Crippen LogP contribution in [0.5, 0.6) is 0 Å². The number of para-hydroxylation sites is 1. The minimum Gasteiger partial charge on any atom is -0.391 e. The smallest absolute Gasteiger partial charge is 0.230 e. The van der Waals surface area contributed by atoms with Crippen LogP contribution in [-0.4, -0.2) is 41.7 Å². The zero-order chi connectivity index (χ0) is 13.2. The number of carbonyl (C=O) groups is 1. The highest BCUT2D eigenvalue weighted by molar-refractivity contribution is 5.86. The Hall–Kier alpha value is -1.55. The Morgan fingerprint density at radius 3 is 3.00 bits per heavy atom. The fraction of sp³-hybridized carbons (Fsp3) is 0.533. The van der Waals surface area contributed by atoms with Crippen LogP contribution in [0.15, 0.2) is 24.3 Å². The number of amides is 1. The van der Waals surface area contributed by atoms with E-state index in [0.29, 0.717) is 6.54 Å². The first-order valence-corrected chi connectivity index (χ1v) is 7.05. The Kier molecular flexibility index (Phi) is 3.42. The van der Waals surface area contributed by atoms with Crippen molar-refractivity contribution in [2.45, 2.75) is 31.3 Å². The number of benzene rings is 1. The highest BCUT2D eigenvalue weighted by Gasteiger charge is 2.31. The predicted octanol–water partition coefficient (Wildman–Crippen LogP) is 1.57. The summed E-state index contributed by atoms with van der Waals surface area (Å²) >= 11 is 0. The maximum Gasteiger partial charge on any atom is 0.230 e. The van der Waals surface area contributed by atoms with Gasteiger partial charge in [0.1, 0.15) is 0 Å². The van der Waals surface area contributed by atoms with E-state index in [1.165, 1.54) is 0 Å². The molecule has 1 aromatic rings. The molecular weight excluding hydrogens is 240 g/mol. The highest BCUT2D eigenvalue weighted by Crippen LogP contribution is 2.33. The molecule has 2 atom stereocenters. The molecule has 19 heavy (non-hydrogen) atoms. The summed E-state index contributed by atoms with van der Waals surface area (Å²) in [6, 6.07) is 8.03. The summed E-state index contributed by atoms with van der Waals surface area (Å²) < 4.78 is 0. The van der Waals surface area contributed by atoms with E-state index in [-0.39, 0.29) is 17.9 Å². The van der Waals surface area contributed by atoms with Crippen LogP contribution >= 0.6 is 0 Å². The number of nitrogens with zero attached hydrogens (tertiary/aromatic N) is 1. The number of rotatable bonds is 1. The van der Waals surface area contributed by atoms with Gasteiger partial charge in [-0.15, -0.1) is 0 Å². The SMILES string of the molecule is O=C(C1CCNc2ccccc21)N1CCC[C@H](O)C1. The lowest BCUT2D eigenvalue weighted by Gasteiger charge is -2.35. The topological polar surface area (TPSA) is 52.6 Å². The molecular formula is C15H20N2O2. The number of fused-ring (bicyclic) bond motifs is 1. The third kappa shape index (κ3) is 2.45. The van der Waals surface area contributed by atoms with Crippen molar-refractivity contribution in [3.05, 3.63) is 29.8 Å². The third-order valence-electron chi connectivity index (χ3n) is 4.09. The summed E-state index contributed by atoms with van der Waals surface area (Å²) in [4.78, 5) is 14.5. The Bertz CT molecular complexity index is 475. The van der Waals surface area contributed by atoms with E-state index in [0.717, 1.165) is 43.6 Å². The van der Waals surface area contributed by atoms with Crippen molar-refractivity contribution >= 4 is 11.6 Å². The monoisotopic (exact) mass is 260 g/mol. The highest BCUT2D eigenvalue weighted by atomic mass is 16.3. The van der Waals surface area contributed by atoms with Crippen molar-refractivity contribution in [1.82, 2.24) is 4.90 Å². The summed E-state index contributed by atoms with van der Waals surface area (Å²) in [5.74, 6) is 0.121. The summed E-state index contributed by atoms with van der Waals surface area (Å²) in [6.45, 7) is 2.11. The second-order valence-electron chi connectivity index (χ2n) is 5.44. The van der Waals surface area contributed by atoms with Gasteiger partial charge < -0.3 is 15.3 Å². The molecule has 0 aromatic heterocycles. The summed E-state index contributed by atoms with van der Waals surface area (Å²) in [7, 11) is 0. The van der Waals surface area contributed by atoms with Gasteiger partial charge in [0.05, 0.1) is 12.0 Å². The normalized spacial score (nSPS) is 26.5. The Morgan fingerprint density at radius 1 is 1.32 bits per heavy atom. The van der Waals surface area contributed by atoms with Crippen molar-refractivity contribution in [3.63, 3.8) is 0 Å². The molecule has 2 heterocycles. The molecule has 4 nitrogen and oxygen atoms in total. The molecule has 2 aliphatic rings. The van der Waals surface area contributed by atoms with Crippen LogP contribution < -0.4 is 5.32 Å². The summed E-state index contributed by atoms with van der Waals surface area (Å²) in [5.41, 5.74) is 2.17. The molecule has 0 spiro atoms. The van der Waals surface area contributed by atoms with Crippen molar-refractivity contribution in [1.29, 1.82) is 0 Å². The van der Waals surface area contributed by atoms with Crippen molar-refractivity contribution < 1.29 is 9.90 Å². The molecule has 1 amide bonds. The minimum absolute atomic E-state index is 0.0530. The van der Waals surface area contributed by atoms with Crippen LogP contribution in [0.4, 0.5) is 5.69 Å². The molecule has 0 saturated carbocycles. The summed E-state index contributed by atoms with van der Waals surface area (Å²) in [6.07, 6.45) is 2.20. The van der Waals surface area contributed by atoms with E-state index in [1.807, 2.05) is 29.2 Å². The van der Waals surface area contributed by atoms with Crippen molar-refractivity contribution in [2.75, 3.05) is 25.0 Å². The number of carbonyl (C=O) groups excluding carboxylic acids is 1. The van der Waals surface area contributed by atoms with Gasteiger partial charge in [-0.05, 0) is 30.9 Å². The maximum absolute atomic E-state index is 12.6. The number of hydrogen-bond acceptors (Lipinski definition) is 3.